The molecule has 172 valence electrons. The van der Waals surface area contributed by atoms with Crippen LogP contribution in [0.4, 0.5) is 13.2 Å². The Labute approximate surface area is 177 Å². The van der Waals surface area contributed by atoms with Gasteiger partial charge in [0, 0.05) is 19.4 Å². The number of aliphatic carboxylic acids is 1. The number of fused-ring (bicyclic) bond motifs is 1. The summed E-state index contributed by atoms with van der Waals surface area (Å²) in [5, 5.41) is 7.12. The molecule has 8 nitrogen and oxygen atoms in total. The Morgan fingerprint density at radius 3 is 2.65 bits per heavy atom. The summed E-state index contributed by atoms with van der Waals surface area (Å²) in [6.07, 6.45) is 0.973. The van der Waals surface area contributed by atoms with E-state index in [1.54, 1.807) is 18.3 Å². The van der Waals surface area contributed by atoms with Gasteiger partial charge >= 0.3 is 12.1 Å². The fourth-order valence-electron chi connectivity index (χ4n) is 3.70. The van der Waals surface area contributed by atoms with Gasteiger partial charge in [-0.25, -0.2) is 9.78 Å². The molecule has 1 aromatic rings. The number of methoxy groups -OCH3 is 1. The third kappa shape index (κ3) is 5.85. The molecule has 31 heavy (non-hydrogen) atoms. The smallest absolute Gasteiger partial charge is 0.480 e. The van der Waals surface area contributed by atoms with E-state index in [-0.39, 0.29) is 24.2 Å². The summed E-state index contributed by atoms with van der Waals surface area (Å²) in [6, 6.07) is 3.62. The number of ether oxygens (including phenoxy) is 3. The average molecular weight is 446 g/mol. The SMILES string of the molecule is COc1ncccc1C(=O)N1C[C@@H](OCC2CC2)[C@H]2OCCC[C@H]21.O=C(O)C(F)(F)F. The van der Waals surface area contributed by atoms with Crippen molar-refractivity contribution in [3.63, 3.8) is 0 Å². The van der Waals surface area contributed by atoms with Gasteiger partial charge in [0.1, 0.15) is 17.8 Å². The van der Waals surface area contributed by atoms with Crippen LogP contribution in [0.5, 0.6) is 5.88 Å². The van der Waals surface area contributed by atoms with Crippen molar-refractivity contribution in [2.24, 2.45) is 5.92 Å². The fourth-order valence-corrected chi connectivity index (χ4v) is 3.70. The lowest BCUT2D eigenvalue weighted by atomic mass is 10.0. The Morgan fingerprint density at radius 1 is 1.32 bits per heavy atom. The van der Waals surface area contributed by atoms with E-state index in [9.17, 15) is 18.0 Å². The van der Waals surface area contributed by atoms with Crippen LogP contribution in [0.3, 0.4) is 0 Å². The number of aromatic nitrogens is 1. The molecule has 3 fully saturated rings. The molecule has 1 amide bonds. The standard InChI is InChI=1S/C18H24N2O4.C2HF3O2/c1-22-17-13(4-2-8-19-17)18(21)20-10-15(24-11-12-6-7-12)16-14(20)5-3-9-23-16;3-2(4,5)1(6)7/h2,4,8,12,14-16H,3,5-7,9-11H2,1H3;(H,6,7)/t14-,15-,16+;/m1./s1. The van der Waals surface area contributed by atoms with Crippen LogP contribution in [0.15, 0.2) is 18.3 Å². The van der Waals surface area contributed by atoms with Crippen molar-refractivity contribution in [3.05, 3.63) is 23.9 Å². The maximum Gasteiger partial charge on any atom is 0.490 e. The van der Waals surface area contributed by atoms with Gasteiger partial charge in [0.05, 0.1) is 19.7 Å². The predicted octanol–water partition coefficient (Wildman–Crippen LogP) is 2.52. The number of carboxylic acids is 1. The number of likely N-dealkylation sites (tertiary alicyclic amines) is 1. The summed E-state index contributed by atoms with van der Waals surface area (Å²) >= 11 is 0. The highest BCUT2D eigenvalue weighted by Crippen LogP contribution is 2.35. The highest BCUT2D eigenvalue weighted by Gasteiger charge is 2.47. The molecule has 2 aliphatic heterocycles. The van der Waals surface area contributed by atoms with Crippen molar-refractivity contribution in [1.82, 2.24) is 9.88 Å². The van der Waals surface area contributed by atoms with Crippen LogP contribution in [0, 0.1) is 5.92 Å². The number of halogens is 3. The fraction of sp³-hybridized carbons (Fsp3) is 0.650. The van der Waals surface area contributed by atoms with Crippen molar-refractivity contribution in [1.29, 1.82) is 0 Å². The Bertz CT molecular complexity index is 786. The van der Waals surface area contributed by atoms with Crippen LogP contribution in [-0.2, 0) is 14.3 Å². The minimum atomic E-state index is -5.08. The van der Waals surface area contributed by atoms with Crippen molar-refractivity contribution in [3.8, 4) is 5.88 Å². The zero-order valence-electron chi connectivity index (χ0n) is 17.0. The lowest BCUT2D eigenvalue weighted by molar-refractivity contribution is -0.192. The predicted molar refractivity (Wildman–Crippen MR) is 101 cm³/mol. The molecular formula is C20H25F3N2O6. The first-order valence-electron chi connectivity index (χ1n) is 10.1. The number of hydrogen-bond donors (Lipinski definition) is 1. The van der Waals surface area contributed by atoms with Gasteiger partial charge in [0.2, 0.25) is 5.88 Å². The molecule has 1 saturated carbocycles. The number of hydrogen-bond acceptors (Lipinski definition) is 6. The molecule has 1 aromatic heterocycles. The molecule has 0 spiro atoms. The molecule has 0 unspecified atom stereocenters. The number of nitrogens with zero attached hydrogens (tertiary/aromatic N) is 2. The van der Waals surface area contributed by atoms with E-state index in [1.165, 1.54) is 20.0 Å². The van der Waals surface area contributed by atoms with Crippen molar-refractivity contribution >= 4 is 11.9 Å². The summed E-state index contributed by atoms with van der Waals surface area (Å²) in [6.45, 7) is 2.12. The van der Waals surface area contributed by atoms with Crippen molar-refractivity contribution in [2.75, 3.05) is 26.9 Å². The monoisotopic (exact) mass is 446 g/mol. The molecule has 1 N–H and O–H groups in total. The van der Waals surface area contributed by atoms with Gasteiger partial charge < -0.3 is 24.2 Å². The summed E-state index contributed by atoms with van der Waals surface area (Å²) < 4.78 is 49.1. The summed E-state index contributed by atoms with van der Waals surface area (Å²) in [4.78, 5) is 28.0. The lowest BCUT2D eigenvalue weighted by Crippen LogP contribution is -2.44. The van der Waals surface area contributed by atoms with Crippen LogP contribution < -0.4 is 4.74 Å². The first-order valence-corrected chi connectivity index (χ1v) is 10.1. The van der Waals surface area contributed by atoms with Crippen LogP contribution in [0.2, 0.25) is 0 Å². The van der Waals surface area contributed by atoms with Gasteiger partial charge in [-0.1, -0.05) is 0 Å². The maximum absolute atomic E-state index is 13.1. The van der Waals surface area contributed by atoms with Gasteiger partial charge in [0.25, 0.3) is 5.91 Å². The lowest BCUT2D eigenvalue weighted by Gasteiger charge is -2.32. The normalized spacial score (nSPS) is 25.3. The van der Waals surface area contributed by atoms with Crippen LogP contribution >= 0.6 is 0 Å². The van der Waals surface area contributed by atoms with Crippen molar-refractivity contribution in [2.45, 2.75) is 50.1 Å². The van der Waals surface area contributed by atoms with Gasteiger partial charge in [0.15, 0.2) is 0 Å². The van der Waals surface area contributed by atoms with Gasteiger partial charge in [-0.3, -0.25) is 4.79 Å². The van der Waals surface area contributed by atoms with E-state index in [1.807, 2.05) is 4.90 Å². The number of carboxylic acid groups (broad SMARTS) is 1. The molecule has 1 aliphatic carbocycles. The van der Waals surface area contributed by atoms with E-state index in [4.69, 9.17) is 24.1 Å². The topological polar surface area (TPSA) is 98.2 Å². The van der Waals surface area contributed by atoms with E-state index in [2.05, 4.69) is 4.98 Å². The number of amides is 1. The third-order valence-electron chi connectivity index (χ3n) is 5.42. The Hall–Kier alpha value is -2.40. The molecule has 2 saturated heterocycles. The molecule has 3 atom stereocenters. The first kappa shape index (κ1) is 23.3. The zero-order chi connectivity index (χ0) is 22.6. The van der Waals surface area contributed by atoms with Gasteiger partial charge in [-0.2, -0.15) is 13.2 Å². The van der Waals surface area contributed by atoms with Crippen LogP contribution in [-0.4, -0.2) is 78.2 Å². The molecule has 0 bridgehead atoms. The molecule has 4 rings (SSSR count). The van der Waals surface area contributed by atoms with E-state index in [0.29, 0.717) is 23.9 Å². The third-order valence-corrected chi connectivity index (χ3v) is 5.42. The summed E-state index contributed by atoms with van der Waals surface area (Å²) in [7, 11) is 1.54. The van der Waals surface area contributed by atoms with Crippen molar-refractivity contribution < 1.29 is 42.1 Å². The Balaban J connectivity index is 0.000000339. The molecule has 3 heterocycles. The summed E-state index contributed by atoms with van der Waals surface area (Å²) in [5.74, 6) is -1.72. The number of carbonyl (C=O) groups excluding carboxylic acids is 1. The highest BCUT2D eigenvalue weighted by atomic mass is 19.4. The molecule has 11 heteroatoms. The Kier molecular flexibility index (Phi) is 7.37. The van der Waals surface area contributed by atoms with E-state index >= 15 is 0 Å². The maximum atomic E-state index is 13.1. The van der Waals surface area contributed by atoms with Crippen LogP contribution in [0.25, 0.3) is 0 Å². The zero-order valence-corrected chi connectivity index (χ0v) is 17.0. The largest absolute Gasteiger partial charge is 0.490 e. The molecule has 3 aliphatic rings. The second kappa shape index (κ2) is 9.82. The highest BCUT2D eigenvalue weighted by molar-refractivity contribution is 5.96. The minimum absolute atomic E-state index is 0.0101. The van der Waals surface area contributed by atoms with Crippen LogP contribution in [0.1, 0.15) is 36.0 Å². The number of rotatable bonds is 5. The second-order valence-corrected chi connectivity index (χ2v) is 7.68. The Morgan fingerprint density at radius 2 is 2.03 bits per heavy atom. The van der Waals surface area contributed by atoms with E-state index < -0.39 is 12.1 Å². The second-order valence-electron chi connectivity index (χ2n) is 7.68. The van der Waals surface area contributed by atoms with Gasteiger partial charge in [-0.15, -0.1) is 0 Å². The quantitative estimate of drug-likeness (QED) is 0.742. The average Bonchev–Trinajstić information content (AvgIpc) is 3.51. The number of carbonyl (C=O) groups is 2. The number of alkyl halides is 3. The molecule has 0 aromatic carbocycles. The minimum Gasteiger partial charge on any atom is -0.480 e. The number of pyridine rings is 1. The summed E-state index contributed by atoms with van der Waals surface area (Å²) in [5.41, 5.74) is 0.507. The van der Waals surface area contributed by atoms with Gasteiger partial charge in [-0.05, 0) is 43.7 Å². The first-order chi connectivity index (χ1) is 14.7. The molecular weight excluding hydrogens is 421 g/mol. The molecule has 0 radical (unpaired) electrons. The van der Waals surface area contributed by atoms with E-state index in [0.717, 1.165) is 26.1 Å².